The predicted octanol–water partition coefficient (Wildman–Crippen LogP) is 3.30. The van der Waals surface area contributed by atoms with Gasteiger partial charge in [-0.05, 0) is 43.2 Å². The van der Waals surface area contributed by atoms with Crippen LogP contribution in [0.5, 0.6) is 5.75 Å². The third-order valence-corrected chi connectivity index (χ3v) is 4.76. The van der Waals surface area contributed by atoms with E-state index in [0.29, 0.717) is 37.5 Å². The van der Waals surface area contributed by atoms with E-state index in [4.69, 9.17) is 4.74 Å². The molecule has 0 unspecified atom stereocenters. The van der Waals surface area contributed by atoms with Gasteiger partial charge in [-0.2, -0.15) is 0 Å². The van der Waals surface area contributed by atoms with E-state index in [2.05, 4.69) is 5.32 Å². The number of amides is 3. The van der Waals surface area contributed by atoms with Crippen molar-refractivity contribution in [3.8, 4) is 5.75 Å². The summed E-state index contributed by atoms with van der Waals surface area (Å²) in [5, 5.41) is 2.88. The molecule has 27 heavy (non-hydrogen) atoms. The van der Waals surface area contributed by atoms with Crippen LogP contribution in [0.15, 0.2) is 42.5 Å². The van der Waals surface area contributed by atoms with E-state index in [1.807, 2.05) is 56.3 Å². The SMILES string of the molecule is COc1cc(C)cc(C)c1C(=O)N1CCN(C(=O)Nc2ccccc2)CC1. The molecule has 0 bridgehead atoms. The van der Waals surface area contributed by atoms with Crippen LogP contribution in [0.2, 0.25) is 0 Å². The Morgan fingerprint density at radius 1 is 0.963 bits per heavy atom. The number of hydrogen-bond donors (Lipinski definition) is 1. The summed E-state index contributed by atoms with van der Waals surface area (Å²) in [7, 11) is 1.58. The van der Waals surface area contributed by atoms with Crippen molar-refractivity contribution < 1.29 is 14.3 Å². The van der Waals surface area contributed by atoms with Crippen molar-refractivity contribution in [3.05, 3.63) is 59.2 Å². The number of methoxy groups -OCH3 is 1. The van der Waals surface area contributed by atoms with E-state index >= 15 is 0 Å². The molecule has 0 aromatic heterocycles. The molecule has 0 saturated carbocycles. The number of nitrogens with one attached hydrogen (secondary N) is 1. The lowest BCUT2D eigenvalue weighted by molar-refractivity contribution is 0.0667. The second-order valence-corrected chi connectivity index (χ2v) is 6.73. The Morgan fingerprint density at radius 3 is 2.22 bits per heavy atom. The number of rotatable bonds is 3. The summed E-state index contributed by atoms with van der Waals surface area (Å²) in [6.07, 6.45) is 0. The largest absolute Gasteiger partial charge is 0.496 e. The van der Waals surface area contributed by atoms with Gasteiger partial charge in [0.15, 0.2) is 0 Å². The molecule has 3 rings (SSSR count). The van der Waals surface area contributed by atoms with Crippen molar-refractivity contribution >= 4 is 17.6 Å². The molecule has 1 heterocycles. The first-order valence-corrected chi connectivity index (χ1v) is 9.05. The molecule has 1 aliphatic heterocycles. The molecule has 0 radical (unpaired) electrons. The number of nitrogens with zero attached hydrogens (tertiary/aromatic N) is 2. The van der Waals surface area contributed by atoms with Crippen molar-refractivity contribution in [2.75, 3.05) is 38.6 Å². The molecule has 0 atom stereocenters. The fourth-order valence-electron chi connectivity index (χ4n) is 3.36. The van der Waals surface area contributed by atoms with Gasteiger partial charge in [0, 0.05) is 31.9 Å². The standard InChI is InChI=1S/C21H25N3O3/c1-15-13-16(2)19(18(14-15)27-3)20(25)23-9-11-24(12-10-23)21(26)22-17-7-5-4-6-8-17/h4-8,13-14H,9-12H2,1-3H3,(H,22,26). The van der Waals surface area contributed by atoms with Gasteiger partial charge < -0.3 is 19.9 Å². The number of ether oxygens (including phenoxy) is 1. The molecule has 1 saturated heterocycles. The first-order valence-electron chi connectivity index (χ1n) is 9.05. The van der Waals surface area contributed by atoms with Gasteiger partial charge >= 0.3 is 6.03 Å². The molecule has 6 nitrogen and oxygen atoms in total. The van der Waals surface area contributed by atoms with Gasteiger partial charge in [0.1, 0.15) is 5.75 Å². The molecule has 2 aromatic rings. The van der Waals surface area contributed by atoms with Gasteiger partial charge in [-0.1, -0.05) is 24.3 Å². The minimum absolute atomic E-state index is 0.0486. The number of anilines is 1. The van der Waals surface area contributed by atoms with Crippen LogP contribution in [0.1, 0.15) is 21.5 Å². The summed E-state index contributed by atoms with van der Waals surface area (Å²) in [4.78, 5) is 28.9. The Bertz CT molecular complexity index is 828. The number of hydrogen-bond acceptors (Lipinski definition) is 3. The number of carbonyl (C=O) groups excluding carboxylic acids is 2. The fourth-order valence-corrected chi connectivity index (χ4v) is 3.36. The van der Waals surface area contributed by atoms with Crippen molar-refractivity contribution in [1.82, 2.24) is 9.80 Å². The van der Waals surface area contributed by atoms with Crippen LogP contribution in [-0.4, -0.2) is 55.0 Å². The second kappa shape index (κ2) is 8.12. The Kier molecular flexibility index (Phi) is 5.64. The average molecular weight is 367 g/mol. The maximum absolute atomic E-state index is 13.0. The summed E-state index contributed by atoms with van der Waals surface area (Å²) in [5.41, 5.74) is 3.33. The summed E-state index contributed by atoms with van der Waals surface area (Å²) in [6, 6.07) is 13.1. The molecule has 142 valence electrons. The maximum Gasteiger partial charge on any atom is 0.321 e. The predicted molar refractivity (Wildman–Crippen MR) is 105 cm³/mol. The fraction of sp³-hybridized carbons (Fsp3) is 0.333. The minimum atomic E-state index is -0.141. The molecule has 1 fully saturated rings. The third kappa shape index (κ3) is 4.22. The summed E-state index contributed by atoms with van der Waals surface area (Å²) in [5.74, 6) is 0.550. The smallest absolute Gasteiger partial charge is 0.321 e. The molecule has 0 aliphatic carbocycles. The molecule has 1 aliphatic rings. The van der Waals surface area contributed by atoms with Crippen LogP contribution in [0.25, 0.3) is 0 Å². The third-order valence-electron chi connectivity index (χ3n) is 4.76. The molecule has 6 heteroatoms. The molecular weight excluding hydrogens is 342 g/mol. The van der Waals surface area contributed by atoms with Crippen molar-refractivity contribution in [3.63, 3.8) is 0 Å². The van der Waals surface area contributed by atoms with Crippen molar-refractivity contribution in [2.45, 2.75) is 13.8 Å². The highest BCUT2D eigenvalue weighted by atomic mass is 16.5. The van der Waals surface area contributed by atoms with E-state index < -0.39 is 0 Å². The van der Waals surface area contributed by atoms with E-state index in [9.17, 15) is 9.59 Å². The summed E-state index contributed by atoms with van der Waals surface area (Å²) >= 11 is 0. The van der Waals surface area contributed by atoms with Crippen LogP contribution in [-0.2, 0) is 0 Å². The van der Waals surface area contributed by atoms with E-state index in [1.165, 1.54) is 0 Å². The van der Waals surface area contributed by atoms with Crippen LogP contribution >= 0.6 is 0 Å². The highest BCUT2D eigenvalue weighted by molar-refractivity contribution is 5.98. The van der Waals surface area contributed by atoms with Gasteiger partial charge in [-0.25, -0.2) is 4.79 Å². The Morgan fingerprint density at radius 2 is 1.59 bits per heavy atom. The second-order valence-electron chi connectivity index (χ2n) is 6.73. The minimum Gasteiger partial charge on any atom is -0.496 e. The van der Waals surface area contributed by atoms with Crippen molar-refractivity contribution in [2.24, 2.45) is 0 Å². The first-order chi connectivity index (χ1) is 13.0. The Balaban J connectivity index is 1.64. The maximum atomic E-state index is 13.0. The molecule has 0 spiro atoms. The van der Waals surface area contributed by atoms with Crippen molar-refractivity contribution in [1.29, 1.82) is 0 Å². The number of para-hydroxylation sites is 1. The molecule has 2 aromatic carbocycles. The van der Waals surface area contributed by atoms with Crippen LogP contribution < -0.4 is 10.1 Å². The summed E-state index contributed by atoms with van der Waals surface area (Å²) in [6.45, 7) is 5.89. The highest BCUT2D eigenvalue weighted by Crippen LogP contribution is 2.26. The molecule has 3 amide bonds. The van der Waals surface area contributed by atoms with Gasteiger partial charge in [0.25, 0.3) is 5.91 Å². The molecule has 1 N–H and O–H groups in total. The zero-order valence-corrected chi connectivity index (χ0v) is 16.0. The lowest BCUT2D eigenvalue weighted by atomic mass is 10.0. The topological polar surface area (TPSA) is 61.9 Å². The number of urea groups is 1. The van der Waals surface area contributed by atoms with Crippen LogP contribution in [0.4, 0.5) is 10.5 Å². The van der Waals surface area contributed by atoms with Crippen LogP contribution in [0, 0.1) is 13.8 Å². The van der Waals surface area contributed by atoms with Crippen LogP contribution in [0.3, 0.4) is 0 Å². The van der Waals surface area contributed by atoms with Gasteiger partial charge in [-0.3, -0.25) is 4.79 Å². The number of piperazine rings is 1. The van der Waals surface area contributed by atoms with E-state index in [1.54, 1.807) is 16.9 Å². The van der Waals surface area contributed by atoms with Gasteiger partial charge in [-0.15, -0.1) is 0 Å². The normalized spacial score (nSPS) is 14.0. The lowest BCUT2D eigenvalue weighted by Crippen LogP contribution is -2.51. The number of aryl methyl sites for hydroxylation is 2. The van der Waals surface area contributed by atoms with E-state index in [0.717, 1.165) is 16.8 Å². The van der Waals surface area contributed by atoms with Gasteiger partial charge in [0.2, 0.25) is 0 Å². The first kappa shape index (κ1) is 18.8. The Hall–Kier alpha value is -3.02. The highest BCUT2D eigenvalue weighted by Gasteiger charge is 2.27. The number of benzene rings is 2. The monoisotopic (exact) mass is 367 g/mol. The summed E-state index contributed by atoms with van der Waals surface area (Å²) < 4.78 is 5.42. The zero-order chi connectivity index (χ0) is 19.4. The van der Waals surface area contributed by atoms with Gasteiger partial charge in [0.05, 0.1) is 12.7 Å². The number of carbonyl (C=O) groups is 2. The average Bonchev–Trinajstić information content (AvgIpc) is 2.67. The zero-order valence-electron chi connectivity index (χ0n) is 16.0. The quantitative estimate of drug-likeness (QED) is 0.905. The van der Waals surface area contributed by atoms with E-state index in [-0.39, 0.29) is 11.9 Å². The Labute approximate surface area is 159 Å². The lowest BCUT2D eigenvalue weighted by Gasteiger charge is -2.35. The molecular formula is C21H25N3O3.